The first kappa shape index (κ1) is 13.2. The van der Waals surface area contributed by atoms with Gasteiger partial charge in [-0.15, -0.1) is 0 Å². The fourth-order valence-corrected chi connectivity index (χ4v) is 2.73. The van der Waals surface area contributed by atoms with Crippen LogP contribution in [-0.4, -0.2) is 30.1 Å². The second kappa shape index (κ2) is 5.67. The Morgan fingerprint density at radius 3 is 3.20 bits per heavy atom. The maximum absolute atomic E-state index is 11.8. The Hall–Kier alpha value is -1.81. The van der Waals surface area contributed by atoms with E-state index in [2.05, 4.69) is 35.4 Å². The molecule has 106 valence electrons. The maximum atomic E-state index is 11.8. The number of aromatic nitrogens is 1. The Kier molecular flexibility index (Phi) is 3.74. The zero-order valence-electron chi connectivity index (χ0n) is 11.7. The summed E-state index contributed by atoms with van der Waals surface area (Å²) in [5.41, 5.74) is 3.65. The van der Waals surface area contributed by atoms with Crippen molar-refractivity contribution >= 4 is 16.8 Å². The summed E-state index contributed by atoms with van der Waals surface area (Å²) in [5.74, 6) is 0.0261. The summed E-state index contributed by atoms with van der Waals surface area (Å²) in [4.78, 5) is 15.1. The van der Waals surface area contributed by atoms with E-state index in [4.69, 9.17) is 4.74 Å². The number of carbonyl (C=O) groups excluding carboxylic acids is 1. The van der Waals surface area contributed by atoms with Gasteiger partial charge in [0.15, 0.2) is 0 Å². The molecule has 0 spiro atoms. The molecule has 1 aliphatic rings. The van der Waals surface area contributed by atoms with E-state index < -0.39 is 0 Å². The second-order valence-electron chi connectivity index (χ2n) is 5.41. The molecule has 1 atom stereocenters. The molecule has 0 aliphatic carbocycles. The van der Waals surface area contributed by atoms with Crippen LogP contribution in [0.3, 0.4) is 0 Å². The van der Waals surface area contributed by atoms with Crippen LogP contribution in [0.5, 0.6) is 0 Å². The van der Waals surface area contributed by atoms with E-state index >= 15 is 0 Å². The third-order valence-corrected chi connectivity index (χ3v) is 3.84. The molecule has 4 heteroatoms. The van der Waals surface area contributed by atoms with Crippen LogP contribution in [0.25, 0.3) is 10.9 Å². The molecule has 1 unspecified atom stereocenters. The van der Waals surface area contributed by atoms with Crippen LogP contribution in [0.15, 0.2) is 24.4 Å². The highest BCUT2D eigenvalue weighted by Gasteiger charge is 2.22. The molecule has 1 aliphatic heterocycles. The van der Waals surface area contributed by atoms with Crippen molar-refractivity contribution < 1.29 is 9.53 Å². The van der Waals surface area contributed by atoms with Gasteiger partial charge in [0.25, 0.3) is 0 Å². The lowest BCUT2D eigenvalue weighted by Crippen LogP contribution is -2.35. The maximum Gasteiger partial charge on any atom is 0.249 e. The van der Waals surface area contributed by atoms with Crippen LogP contribution >= 0.6 is 0 Å². The molecule has 2 N–H and O–H groups in total. The van der Waals surface area contributed by atoms with E-state index in [1.54, 1.807) is 0 Å². The first-order valence-electron chi connectivity index (χ1n) is 7.20. The number of nitrogens with one attached hydrogen (secondary N) is 2. The standard InChI is InChI=1S/C16H20N2O2/c1-11-4-5-13-12(10-18-14(13)9-11)6-7-17-16(19)15-3-2-8-20-15/h4-5,9-10,15,18H,2-3,6-8H2,1H3,(H,17,19). The summed E-state index contributed by atoms with van der Waals surface area (Å²) in [6.45, 7) is 3.45. The second-order valence-corrected chi connectivity index (χ2v) is 5.41. The Morgan fingerprint density at radius 1 is 1.50 bits per heavy atom. The van der Waals surface area contributed by atoms with Gasteiger partial charge in [-0.05, 0) is 43.4 Å². The van der Waals surface area contributed by atoms with Crippen LogP contribution < -0.4 is 5.32 Å². The Balaban J connectivity index is 1.58. The number of amides is 1. The van der Waals surface area contributed by atoms with Gasteiger partial charge in [0.1, 0.15) is 6.10 Å². The molecule has 0 saturated carbocycles. The lowest BCUT2D eigenvalue weighted by molar-refractivity contribution is -0.129. The van der Waals surface area contributed by atoms with E-state index in [1.807, 2.05) is 6.20 Å². The molecule has 1 aromatic carbocycles. The molecule has 0 bridgehead atoms. The van der Waals surface area contributed by atoms with Gasteiger partial charge < -0.3 is 15.0 Å². The smallest absolute Gasteiger partial charge is 0.249 e. The minimum atomic E-state index is -0.236. The van der Waals surface area contributed by atoms with E-state index in [9.17, 15) is 4.79 Å². The monoisotopic (exact) mass is 272 g/mol. The number of hydrogen-bond acceptors (Lipinski definition) is 2. The molecule has 2 aromatic rings. The lowest BCUT2D eigenvalue weighted by atomic mass is 10.1. The van der Waals surface area contributed by atoms with Crippen molar-refractivity contribution in [3.8, 4) is 0 Å². The Bertz CT molecular complexity index is 612. The van der Waals surface area contributed by atoms with Gasteiger partial charge in [0.05, 0.1) is 0 Å². The summed E-state index contributed by atoms with van der Waals surface area (Å²) in [6, 6.07) is 6.40. The van der Waals surface area contributed by atoms with Gasteiger partial charge in [-0.25, -0.2) is 0 Å². The van der Waals surface area contributed by atoms with Crippen LogP contribution in [0.1, 0.15) is 24.0 Å². The number of rotatable bonds is 4. The SMILES string of the molecule is Cc1ccc2c(CCNC(=O)C3CCCO3)c[nH]c2c1. The summed E-state index contributed by atoms with van der Waals surface area (Å²) >= 11 is 0. The van der Waals surface area contributed by atoms with Gasteiger partial charge >= 0.3 is 0 Å². The van der Waals surface area contributed by atoms with Crippen molar-refractivity contribution in [2.24, 2.45) is 0 Å². The molecule has 0 radical (unpaired) electrons. The molecule has 3 rings (SSSR count). The number of H-pyrrole nitrogens is 1. The van der Waals surface area contributed by atoms with Crippen LogP contribution in [-0.2, 0) is 16.0 Å². The Labute approximate surface area is 118 Å². The number of aromatic amines is 1. The highest BCUT2D eigenvalue weighted by molar-refractivity contribution is 5.84. The minimum absolute atomic E-state index is 0.0261. The number of carbonyl (C=O) groups is 1. The normalized spacial score (nSPS) is 18.6. The molecule has 2 heterocycles. The fraction of sp³-hybridized carbons (Fsp3) is 0.438. The number of fused-ring (bicyclic) bond motifs is 1. The quantitative estimate of drug-likeness (QED) is 0.897. The first-order chi connectivity index (χ1) is 9.74. The van der Waals surface area contributed by atoms with Crippen LogP contribution in [0.2, 0.25) is 0 Å². The largest absolute Gasteiger partial charge is 0.368 e. The zero-order valence-corrected chi connectivity index (χ0v) is 11.7. The van der Waals surface area contributed by atoms with Gasteiger partial charge in [0, 0.05) is 30.3 Å². The minimum Gasteiger partial charge on any atom is -0.368 e. The number of ether oxygens (including phenoxy) is 1. The number of aryl methyl sites for hydroxylation is 1. The van der Waals surface area contributed by atoms with Crippen molar-refractivity contribution in [3.05, 3.63) is 35.5 Å². The molecule has 1 saturated heterocycles. The van der Waals surface area contributed by atoms with E-state index in [0.29, 0.717) is 13.2 Å². The lowest BCUT2D eigenvalue weighted by Gasteiger charge is -2.09. The summed E-state index contributed by atoms with van der Waals surface area (Å²) < 4.78 is 5.37. The average molecular weight is 272 g/mol. The molecule has 20 heavy (non-hydrogen) atoms. The summed E-state index contributed by atoms with van der Waals surface area (Å²) in [7, 11) is 0. The highest BCUT2D eigenvalue weighted by Crippen LogP contribution is 2.19. The van der Waals surface area contributed by atoms with E-state index in [-0.39, 0.29) is 12.0 Å². The Morgan fingerprint density at radius 2 is 2.40 bits per heavy atom. The van der Waals surface area contributed by atoms with Crippen molar-refractivity contribution in [1.82, 2.24) is 10.3 Å². The summed E-state index contributed by atoms with van der Waals surface area (Å²) in [6.07, 6.45) is 4.46. The molecule has 1 fully saturated rings. The third kappa shape index (κ3) is 2.70. The van der Waals surface area contributed by atoms with Crippen LogP contribution in [0.4, 0.5) is 0 Å². The summed E-state index contributed by atoms with van der Waals surface area (Å²) in [5, 5.41) is 4.20. The first-order valence-corrected chi connectivity index (χ1v) is 7.20. The average Bonchev–Trinajstić information content (AvgIpc) is 3.08. The number of benzene rings is 1. The predicted octanol–water partition coefficient (Wildman–Crippen LogP) is 2.31. The zero-order chi connectivity index (χ0) is 13.9. The topological polar surface area (TPSA) is 54.1 Å². The van der Waals surface area contributed by atoms with Crippen molar-refractivity contribution in [3.63, 3.8) is 0 Å². The van der Waals surface area contributed by atoms with E-state index in [1.165, 1.54) is 16.5 Å². The van der Waals surface area contributed by atoms with Crippen molar-refractivity contribution in [2.75, 3.05) is 13.2 Å². The van der Waals surface area contributed by atoms with Crippen LogP contribution in [0, 0.1) is 6.92 Å². The highest BCUT2D eigenvalue weighted by atomic mass is 16.5. The number of hydrogen-bond donors (Lipinski definition) is 2. The molecular formula is C16H20N2O2. The molecule has 4 nitrogen and oxygen atoms in total. The van der Waals surface area contributed by atoms with Crippen molar-refractivity contribution in [2.45, 2.75) is 32.3 Å². The predicted molar refractivity (Wildman–Crippen MR) is 78.7 cm³/mol. The van der Waals surface area contributed by atoms with Gasteiger partial charge in [-0.1, -0.05) is 12.1 Å². The van der Waals surface area contributed by atoms with Gasteiger partial charge in [-0.2, -0.15) is 0 Å². The fourth-order valence-electron chi connectivity index (χ4n) is 2.73. The molecule has 1 amide bonds. The molecular weight excluding hydrogens is 252 g/mol. The van der Waals surface area contributed by atoms with Crippen molar-refractivity contribution in [1.29, 1.82) is 0 Å². The van der Waals surface area contributed by atoms with Gasteiger partial charge in [0.2, 0.25) is 5.91 Å². The van der Waals surface area contributed by atoms with E-state index in [0.717, 1.165) is 24.8 Å². The molecule has 1 aromatic heterocycles. The van der Waals surface area contributed by atoms with Gasteiger partial charge in [-0.3, -0.25) is 4.79 Å². The third-order valence-electron chi connectivity index (χ3n) is 3.84.